The smallest absolute Gasteiger partial charge is 0.326 e. The minimum absolute atomic E-state index is 0.106. The number of carboxylic acid groups (broad SMARTS) is 1. The van der Waals surface area contributed by atoms with E-state index in [1.165, 1.54) is 6.92 Å². The fraction of sp³-hybridized carbons (Fsp3) is 0.565. The van der Waals surface area contributed by atoms with Crippen LogP contribution < -0.4 is 27.4 Å². The molecule has 3 amide bonds. The first-order valence-corrected chi connectivity index (χ1v) is 11.2. The average Bonchev–Trinajstić information content (AvgIpc) is 2.76. The summed E-state index contributed by atoms with van der Waals surface area (Å²) in [5.41, 5.74) is 12.0. The van der Waals surface area contributed by atoms with Gasteiger partial charge in [0.1, 0.15) is 18.1 Å². The van der Waals surface area contributed by atoms with Crippen LogP contribution in [0.15, 0.2) is 30.3 Å². The zero-order valence-corrected chi connectivity index (χ0v) is 19.5. The van der Waals surface area contributed by atoms with E-state index in [2.05, 4.69) is 16.0 Å². The molecule has 0 heterocycles. The monoisotopic (exact) mass is 463 g/mol. The molecule has 0 saturated carbocycles. The summed E-state index contributed by atoms with van der Waals surface area (Å²) in [6.45, 7) is 5.46. The van der Waals surface area contributed by atoms with Crippen LogP contribution in [0, 0.1) is 5.92 Å². The molecule has 0 bridgehead atoms. The summed E-state index contributed by atoms with van der Waals surface area (Å²) in [5, 5.41) is 17.2. The van der Waals surface area contributed by atoms with Gasteiger partial charge in [0.25, 0.3) is 0 Å². The number of aliphatic carboxylic acids is 1. The highest BCUT2D eigenvalue weighted by molar-refractivity contribution is 5.94. The quantitative estimate of drug-likeness (QED) is 0.209. The number of nitrogens with two attached hydrogens (primary N) is 2. The largest absolute Gasteiger partial charge is 0.480 e. The van der Waals surface area contributed by atoms with Gasteiger partial charge in [0.15, 0.2) is 0 Å². The highest BCUT2D eigenvalue weighted by atomic mass is 16.4. The van der Waals surface area contributed by atoms with E-state index in [1.807, 2.05) is 6.07 Å². The van der Waals surface area contributed by atoms with Crippen molar-refractivity contribution < 1.29 is 24.3 Å². The lowest BCUT2D eigenvalue weighted by Gasteiger charge is -2.26. The van der Waals surface area contributed by atoms with E-state index in [0.29, 0.717) is 19.4 Å². The number of unbranched alkanes of at least 4 members (excludes halogenated alkanes) is 1. The van der Waals surface area contributed by atoms with Crippen molar-refractivity contribution in [1.29, 1.82) is 0 Å². The van der Waals surface area contributed by atoms with E-state index in [0.717, 1.165) is 12.0 Å². The van der Waals surface area contributed by atoms with Gasteiger partial charge in [-0.2, -0.15) is 0 Å². The maximum Gasteiger partial charge on any atom is 0.326 e. The van der Waals surface area contributed by atoms with E-state index in [9.17, 15) is 24.3 Å². The van der Waals surface area contributed by atoms with Crippen LogP contribution in [0.3, 0.4) is 0 Å². The summed E-state index contributed by atoms with van der Waals surface area (Å²) in [7, 11) is 0. The van der Waals surface area contributed by atoms with Gasteiger partial charge >= 0.3 is 5.97 Å². The molecule has 0 spiro atoms. The third-order valence-corrected chi connectivity index (χ3v) is 5.20. The van der Waals surface area contributed by atoms with Crippen LogP contribution in [0.25, 0.3) is 0 Å². The standard InChI is InChI=1S/C23H37N5O5/c1-14(2)19(22(31)27-18(23(32)33)13-16-9-5-4-6-10-16)28-20(29)15(3)26-21(30)17(25)11-7-8-12-24/h4-6,9-10,14-15,17-19H,7-8,11-13,24-25H2,1-3H3,(H,26,30)(H,27,31)(H,28,29)(H,32,33). The van der Waals surface area contributed by atoms with Gasteiger partial charge in [-0.15, -0.1) is 0 Å². The molecule has 0 aliphatic carbocycles. The molecule has 184 valence electrons. The van der Waals surface area contributed by atoms with Gasteiger partial charge < -0.3 is 32.5 Å². The van der Waals surface area contributed by atoms with Gasteiger partial charge in [-0.1, -0.05) is 50.6 Å². The SMILES string of the molecule is CC(NC(=O)C(N)CCCCN)C(=O)NC(C(=O)NC(Cc1ccccc1)C(=O)O)C(C)C. The highest BCUT2D eigenvalue weighted by Crippen LogP contribution is 2.07. The minimum Gasteiger partial charge on any atom is -0.480 e. The third kappa shape index (κ3) is 10.0. The first-order valence-electron chi connectivity index (χ1n) is 11.2. The van der Waals surface area contributed by atoms with Gasteiger partial charge in [-0.05, 0) is 37.8 Å². The summed E-state index contributed by atoms with van der Waals surface area (Å²) in [6, 6.07) is 5.12. The number of hydrogen-bond donors (Lipinski definition) is 6. The topological polar surface area (TPSA) is 177 Å². The van der Waals surface area contributed by atoms with Crippen molar-refractivity contribution in [3.8, 4) is 0 Å². The number of nitrogens with one attached hydrogen (secondary N) is 3. The van der Waals surface area contributed by atoms with Crippen molar-refractivity contribution in [3.05, 3.63) is 35.9 Å². The summed E-state index contributed by atoms with van der Waals surface area (Å²) < 4.78 is 0. The van der Waals surface area contributed by atoms with Gasteiger partial charge in [0, 0.05) is 6.42 Å². The molecule has 0 aliphatic heterocycles. The number of hydrogen-bond acceptors (Lipinski definition) is 6. The van der Waals surface area contributed by atoms with Crippen LogP contribution in [0.1, 0.15) is 45.6 Å². The number of amides is 3. The Morgan fingerprint density at radius 3 is 2.09 bits per heavy atom. The lowest BCUT2D eigenvalue weighted by molar-refractivity contribution is -0.142. The van der Waals surface area contributed by atoms with Crippen molar-refractivity contribution >= 4 is 23.7 Å². The highest BCUT2D eigenvalue weighted by Gasteiger charge is 2.30. The minimum atomic E-state index is -1.18. The van der Waals surface area contributed by atoms with Crippen molar-refractivity contribution in [2.45, 2.75) is 70.6 Å². The molecule has 0 aromatic heterocycles. The normalized spacial score (nSPS) is 14.6. The second-order valence-corrected chi connectivity index (χ2v) is 8.44. The van der Waals surface area contributed by atoms with E-state index in [4.69, 9.17) is 11.5 Å². The fourth-order valence-corrected chi connectivity index (χ4v) is 3.15. The Hall–Kier alpha value is -2.98. The Bertz CT molecular complexity index is 787. The number of carbonyl (C=O) groups excluding carboxylic acids is 3. The van der Waals surface area contributed by atoms with Gasteiger partial charge in [-0.25, -0.2) is 4.79 Å². The fourth-order valence-electron chi connectivity index (χ4n) is 3.15. The molecule has 8 N–H and O–H groups in total. The first-order chi connectivity index (χ1) is 15.6. The first kappa shape index (κ1) is 28.1. The average molecular weight is 464 g/mol. The Kier molecular flexibility index (Phi) is 12.1. The Morgan fingerprint density at radius 1 is 0.909 bits per heavy atom. The molecular weight excluding hydrogens is 426 g/mol. The van der Waals surface area contributed by atoms with E-state index < -0.39 is 47.9 Å². The molecule has 1 rings (SSSR count). The van der Waals surface area contributed by atoms with Crippen LogP contribution in [-0.4, -0.2) is 59.5 Å². The number of carbonyl (C=O) groups is 4. The zero-order valence-electron chi connectivity index (χ0n) is 19.5. The molecule has 0 fully saturated rings. The van der Waals surface area contributed by atoms with Crippen LogP contribution in [0.4, 0.5) is 0 Å². The molecule has 33 heavy (non-hydrogen) atoms. The Labute approximate surface area is 194 Å². The summed E-state index contributed by atoms with van der Waals surface area (Å²) >= 11 is 0. The van der Waals surface area contributed by atoms with Crippen LogP contribution in [0.5, 0.6) is 0 Å². The lowest BCUT2D eigenvalue weighted by atomic mass is 10.0. The second-order valence-electron chi connectivity index (χ2n) is 8.44. The van der Waals surface area contributed by atoms with Crippen LogP contribution in [-0.2, 0) is 25.6 Å². The molecule has 1 aromatic carbocycles. The lowest BCUT2D eigenvalue weighted by Crippen LogP contribution is -2.58. The van der Waals surface area contributed by atoms with Gasteiger partial charge in [0.05, 0.1) is 6.04 Å². The zero-order chi connectivity index (χ0) is 25.0. The molecular formula is C23H37N5O5. The van der Waals surface area contributed by atoms with E-state index in [1.54, 1.807) is 38.1 Å². The Morgan fingerprint density at radius 2 is 1.55 bits per heavy atom. The summed E-state index contributed by atoms with van der Waals surface area (Å²) in [6.07, 6.45) is 2.01. The molecule has 10 heteroatoms. The maximum absolute atomic E-state index is 12.8. The molecule has 1 aromatic rings. The van der Waals surface area contributed by atoms with Crippen LogP contribution >= 0.6 is 0 Å². The van der Waals surface area contributed by atoms with Gasteiger partial charge in [0.2, 0.25) is 17.7 Å². The van der Waals surface area contributed by atoms with E-state index >= 15 is 0 Å². The number of rotatable bonds is 14. The predicted octanol–water partition coefficient (Wildman–Crippen LogP) is -0.0997. The van der Waals surface area contributed by atoms with Crippen molar-refractivity contribution in [3.63, 3.8) is 0 Å². The number of benzene rings is 1. The molecule has 0 aliphatic rings. The van der Waals surface area contributed by atoms with Crippen molar-refractivity contribution in [2.24, 2.45) is 17.4 Å². The molecule has 4 unspecified atom stereocenters. The molecule has 0 saturated heterocycles. The summed E-state index contributed by atoms with van der Waals surface area (Å²) in [4.78, 5) is 49.3. The van der Waals surface area contributed by atoms with Gasteiger partial charge in [-0.3, -0.25) is 14.4 Å². The maximum atomic E-state index is 12.8. The van der Waals surface area contributed by atoms with Crippen LogP contribution in [0.2, 0.25) is 0 Å². The molecule has 10 nitrogen and oxygen atoms in total. The van der Waals surface area contributed by atoms with Crippen molar-refractivity contribution in [1.82, 2.24) is 16.0 Å². The van der Waals surface area contributed by atoms with Crippen molar-refractivity contribution in [2.75, 3.05) is 6.54 Å². The molecule has 4 atom stereocenters. The second kappa shape index (κ2) is 14.2. The summed E-state index contributed by atoms with van der Waals surface area (Å²) in [5.74, 6) is -3.14. The number of carboxylic acids is 1. The molecule has 0 radical (unpaired) electrons. The third-order valence-electron chi connectivity index (χ3n) is 5.20. The Balaban J connectivity index is 2.72. The van der Waals surface area contributed by atoms with E-state index in [-0.39, 0.29) is 12.3 Å². The predicted molar refractivity (Wildman–Crippen MR) is 125 cm³/mol.